The average molecular weight is 409 g/mol. The van der Waals surface area contributed by atoms with Gasteiger partial charge in [-0.2, -0.15) is 0 Å². The Morgan fingerprint density at radius 3 is 2.48 bits per heavy atom. The van der Waals surface area contributed by atoms with Gasteiger partial charge in [-0.15, -0.1) is 0 Å². The maximum Gasteiger partial charge on any atom is 0.286 e. The molecule has 0 fully saturated rings. The zero-order valence-corrected chi connectivity index (χ0v) is 17.1. The summed E-state index contributed by atoms with van der Waals surface area (Å²) in [6.07, 6.45) is 2.38. The number of amides is 3. The van der Waals surface area contributed by atoms with Crippen LogP contribution in [-0.2, 0) is 9.59 Å². The Morgan fingerprint density at radius 2 is 2.00 bits per heavy atom. The van der Waals surface area contributed by atoms with Gasteiger partial charge in [0.15, 0.2) is 11.5 Å². The summed E-state index contributed by atoms with van der Waals surface area (Å²) in [5.74, 6) is -0.883. The number of nitrogens with one attached hydrogen (secondary N) is 1. The van der Waals surface area contributed by atoms with Crippen molar-refractivity contribution in [3.8, 4) is 11.5 Å². The molecular formula is C19H27N3O7. The smallest absolute Gasteiger partial charge is 0.286 e. The van der Waals surface area contributed by atoms with E-state index in [0.29, 0.717) is 13.0 Å². The van der Waals surface area contributed by atoms with Crippen LogP contribution in [-0.4, -0.2) is 54.4 Å². The lowest BCUT2D eigenvalue weighted by Gasteiger charge is -2.23. The third-order valence-corrected chi connectivity index (χ3v) is 4.17. The number of imide groups is 1. The highest BCUT2D eigenvalue weighted by atomic mass is 16.6. The van der Waals surface area contributed by atoms with Gasteiger partial charge < -0.3 is 14.8 Å². The number of carbonyl (C=O) groups excluding carboxylic acids is 3. The fourth-order valence-electron chi connectivity index (χ4n) is 2.60. The van der Waals surface area contributed by atoms with Crippen molar-refractivity contribution in [2.45, 2.75) is 46.1 Å². The fraction of sp³-hybridized carbons (Fsp3) is 0.526. The van der Waals surface area contributed by atoms with Crippen LogP contribution in [0, 0.1) is 10.1 Å². The Hall–Kier alpha value is -3.17. The number of unbranched alkanes of at least 4 members (excludes halogenated alkanes) is 1. The first-order valence-electron chi connectivity index (χ1n) is 9.31. The van der Waals surface area contributed by atoms with Gasteiger partial charge in [-0.05, 0) is 12.8 Å². The van der Waals surface area contributed by atoms with Crippen molar-refractivity contribution in [3.63, 3.8) is 0 Å². The van der Waals surface area contributed by atoms with Crippen LogP contribution in [0.2, 0.25) is 0 Å². The Bertz CT molecular complexity index is 752. The van der Waals surface area contributed by atoms with Gasteiger partial charge in [0.1, 0.15) is 5.56 Å². The summed E-state index contributed by atoms with van der Waals surface area (Å²) in [5.41, 5.74) is -0.804. The van der Waals surface area contributed by atoms with Crippen LogP contribution in [0.5, 0.6) is 11.5 Å². The van der Waals surface area contributed by atoms with Crippen molar-refractivity contribution in [3.05, 3.63) is 27.8 Å². The van der Waals surface area contributed by atoms with Crippen molar-refractivity contribution in [1.82, 2.24) is 10.2 Å². The highest BCUT2D eigenvalue weighted by Crippen LogP contribution is 2.35. The van der Waals surface area contributed by atoms with Gasteiger partial charge in [0, 0.05) is 25.6 Å². The zero-order valence-electron chi connectivity index (χ0n) is 17.1. The molecule has 160 valence electrons. The van der Waals surface area contributed by atoms with Crippen LogP contribution < -0.4 is 14.8 Å². The van der Waals surface area contributed by atoms with Gasteiger partial charge in [0.2, 0.25) is 12.3 Å². The quantitative estimate of drug-likeness (QED) is 0.243. The second-order valence-corrected chi connectivity index (χ2v) is 6.35. The second-order valence-electron chi connectivity index (χ2n) is 6.35. The molecule has 0 aliphatic carbocycles. The fourth-order valence-corrected chi connectivity index (χ4v) is 2.60. The average Bonchev–Trinajstić information content (AvgIpc) is 2.69. The molecule has 0 aliphatic heterocycles. The molecule has 0 aromatic heterocycles. The van der Waals surface area contributed by atoms with Crippen LogP contribution in [0.4, 0.5) is 5.69 Å². The van der Waals surface area contributed by atoms with E-state index in [1.807, 2.05) is 6.92 Å². The molecule has 0 saturated heterocycles. The number of benzene rings is 1. The Kier molecular flexibility index (Phi) is 9.57. The number of nitrogens with zero attached hydrogens (tertiary/aromatic N) is 2. The van der Waals surface area contributed by atoms with Gasteiger partial charge in [0.05, 0.1) is 24.7 Å². The molecule has 1 aromatic carbocycles. The Labute approximate surface area is 169 Å². The number of nitro groups is 1. The van der Waals surface area contributed by atoms with Gasteiger partial charge in [-0.25, -0.2) is 0 Å². The second kappa shape index (κ2) is 11.6. The summed E-state index contributed by atoms with van der Waals surface area (Å²) >= 11 is 0. The molecule has 0 unspecified atom stereocenters. The summed E-state index contributed by atoms with van der Waals surface area (Å²) in [6, 6.07) is 1.84. The number of nitro benzene ring substituents is 1. The van der Waals surface area contributed by atoms with Crippen LogP contribution >= 0.6 is 0 Å². The molecule has 0 radical (unpaired) electrons. The lowest BCUT2D eigenvalue weighted by atomic mass is 10.1. The Balaban J connectivity index is 3.27. The number of rotatable bonds is 12. The van der Waals surface area contributed by atoms with Crippen molar-refractivity contribution >= 4 is 23.9 Å². The largest absolute Gasteiger partial charge is 0.493 e. The van der Waals surface area contributed by atoms with E-state index in [2.05, 4.69) is 5.32 Å². The zero-order chi connectivity index (χ0) is 22.0. The van der Waals surface area contributed by atoms with Crippen LogP contribution in [0.3, 0.4) is 0 Å². The molecule has 29 heavy (non-hydrogen) atoms. The molecule has 1 aromatic rings. The Morgan fingerprint density at radius 1 is 1.31 bits per heavy atom. The molecule has 0 bridgehead atoms. The number of carbonyl (C=O) groups is 3. The molecule has 0 spiro atoms. The first-order valence-corrected chi connectivity index (χ1v) is 9.31. The lowest BCUT2D eigenvalue weighted by molar-refractivity contribution is -0.385. The number of hydrogen-bond acceptors (Lipinski definition) is 7. The van der Waals surface area contributed by atoms with E-state index in [1.54, 1.807) is 6.92 Å². The van der Waals surface area contributed by atoms with Gasteiger partial charge in [-0.1, -0.05) is 20.3 Å². The third-order valence-electron chi connectivity index (χ3n) is 4.17. The van der Waals surface area contributed by atoms with E-state index in [1.165, 1.54) is 20.1 Å². The predicted molar refractivity (Wildman–Crippen MR) is 105 cm³/mol. The predicted octanol–water partition coefficient (Wildman–Crippen LogP) is 2.30. The van der Waals surface area contributed by atoms with Crippen LogP contribution in [0.15, 0.2) is 12.1 Å². The SMILES string of the molecule is CCCCOc1cc([N+](=O)[O-])c(C(=O)N(C=O)C[C@H](CC)NC(C)=O)cc1OC. The van der Waals surface area contributed by atoms with Crippen molar-refractivity contribution < 1.29 is 28.8 Å². The summed E-state index contributed by atoms with van der Waals surface area (Å²) in [7, 11) is 1.35. The monoisotopic (exact) mass is 409 g/mol. The molecule has 0 heterocycles. The van der Waals surface area contributed by atoms with Gasteiger partial charge >= 0.3 is 0 Å². The minimum Gasteiger partial charge on any atom is -0.493 e. The minimum atomic E-state index is -0.867. The summed E-state index contributed by atoms with van der Waals surface area (Å²) in [5, 5.41) is 14.2. The molecule has 0 aliphatic rings. The molecule has 10 nitrogen and oxygen atoms in total. The van der Waals surface area contributed by atoms with E-state index < -0.39 is 22.6 Å². The number of hydrogen-bond donors (Lipinski definition) is 1. The van der Waals surface area contributed by atoms with Crippen molar-refractivity contribution in [2.75, 3.05) is 20.3 Å². The third kappa shape index (κ3) is 6.74. The molecular weight excluding hydrogens is 382 g/mol. The van der Waals surface area contributed by atoms with E-state index >= 15 is 0 Å². The normalized spacial score (nSPS) is 11.3. The van der Waals surface area contributed by atoms with E-state index in [-0.39, 0.29) is 35.9 Å². The van der Waals surface area contributed by atoms with Crippen molar-refractivity contribution in [1.29, 1.82) is 0 Å². The van der Waals surface area contributed by atoms with Crippen LogP contribution in [0.25, 0.3) is 0 Å². The summed E-state index contributed by atoms with van der Waals surface area (Å²) in [4.78, 5) is 47.2. The molecule has 3 amide bonds. The summed E-state index contributed by atoms with van der Waals surface area (Å²) in [6.45, 7) is 5.30. The number of ether oxygens (including phenoxy) is 2. The van der Waals surface area contributed by atoms with Gasteiger partial charge in [0.25, 0.3) is 11.6 Å². The first-order chi connectivity index (χ1) is 13.8. The maximum atomic E-state index is 12.9. The number of methoxy groups -OCH3 is 1. The topological polar surface area (TPSA) is 128 Å². The van der Waals surface area contributed by atoms with E-state index in [0.717, 1.165) is 23.8 Å². The first kappa shape index (κ1) is 23.9. The highest BCUT2D eigenvalue weighted by Gasteiger charge is 2.29. The standard InChI is InChI=1S/C19H27N3O7/c1-5-7-8-29-18-10-16(22(26)27)15(9-17(18)28-4)19(25)21(12-23)11-14(6-2)20-13(3)24/h9-10,12,14H,5-8,11H2,1-4H3,(H,20,24)/t14-/m0/s1. The van der Waals surface area contributed by atoms with E-state index in [9.17, 15) is 24.5 Å². The highest BCUT2D eigenvalue weighted by molar-refractivity contribution is 6.03. The van der Waals surface area contributed by atoms with Gasteiger partial charge in [-0.3, -0.25) is 29.4 Å². The lowest BCUT2D eigenvalue weighted by Crippen LogP contribution is -2.44. The molecule has 0 saturated carbocycles. The summed E-state index contributed by atoms with van der Waals surface area (Å²) < 4.78 is 10.7. The molecule has 1 N–H and O–H groups in total. The molecule has 1 atom stereocenters. The van der Waals surface area contributed by atoms with E-state index in [4.69, 9.17) is 9.47 Å². The van der Waals surface area contributed by atoms with Crippen LogP contribution in [0.1, 0.15) is 50.4 Å². The molecule has 1 rings (SSSR count). The van der Waals surface area contributed by atoms with Crippen molar-refractivity contribution in [2.24, 2.45) is 0 Å². The minimum absolute atomic E-state index is 0.118. The maximum absolute atomic E-state index is 12.9. The molecule has 10 heteroatoms.